The van der Waals surface area contributed by atoms with Crippen LogP contribution in [-0.4, -0.2) is 39.7 Å². The lowest BCUT2D eigenvalue weighted by atomic mass is 9.91. The van der Waals surface area contributed by atoms with Crippen molar-refractivity contribution in [2.45, 2.75) is 25.8 Å². The minimum atomic E-state index is 0.00520. The van der Waals surface area contributed by atoms with E-state index >= 15 is 0 Å². The summed E-state index contributed by atoms with van der Waals surface area (Å²) < 4.78 is 1.87. The van der Waals surface area contributed by atoms with Crippen molar-refractivity contribution in [1.82, 2.24) is 14.7 Å². The minimum absolute atomic E-state index is 0.00520. The number of rotatable bonds is 4. The van der Waals surface area contributed by atoms with E-state index in [0.717, 1.165) is 42.2 Å². The van der Waals surface area contributed by atoms with Crippen molar-refractivity contribution in [1.29, 1.82) is 0 Å². The Balaban J connectivity index is 1.63. The first kappa shape index (κ1) is 17.9. The Morgan fingerprint density at radius 3 is 2.56 bits per heavy atom. The lowest BCUT2D eigenvalue weighted by Crippen LogP contribution is -2.42. The Bertz CT molecular complexity index is 894. The Labute approximate surface area is 163 Å². The summed E-state index contributed by atoms with van der Waals surface area (Å²) >= 11 is 1.65. The highest BCUT2D eigenvalue weighted by Gasteiger charge is 2.27. The molecule has 1 aliphatic rings. The van der Waals surface area contributed by atoms with Crippen molar-refractivity contribution in [3.63, 3.8) is 0 Å². The number of aromatic nitrogens is 2. The molecule has 5 nitrogen and oxygen atoms in total. The molecule has 0 spiro atoms. The maximum absolute atomic E-state index is 13.1. The largest absolute Gasteiger partial charge is 0.337 e. The van der Waals surface area contributed by atoms with Gasteiger partial charge in [-0.2, -0.15) is 5.10 Å². The second-order valence-corrected chi connectivity index (χ2v) is 8.08. The molecule has 1 amide bonds. The highest BCUT2D eigenvalue weighted by atomic mass is 32.1. The average Bonchev–Trinajstić information content (AvgIpc) is 3.38. The lowest BCUT2D eigenvalue weighted by Gasteiger charge is -2.33. The molecule has 3 aromatic rings. The number of hydrogen-bond acceptors (Lipinski definition) is 4. The predicted octanol–water partition coefficient (Wildman–Crippen LogP) is 3.80. The third-order valence-electron chi connectivity index (χ3n) is 5.27. The zero-order chi connectivity index (χ0) is 18.8. The van der Waals surface area contributed by atoms with Gasteiger partial charge in [-0.15, -0.1) is 11.3 Å². The Kier molecular flexibility index (Phi) is 5.09. The van der Waals surface area contributed by atoms with Gasteiger partial charge < -0.3 is 10.6 Å². The number of nitrogens with two attached hydrogens (primary N) is 1. The molecule has 140 valence electrons. The predicted molar refractivity (Wildman–Crippen MR) is 109 cm³/mol. The number of likely N-dealkylation sites (tertiary alicyclic amines) is 1. The van der Waals surface area contributed by atoms with E-state index in [2.05, 4.69) is 18.1 Å². The van der Waals surface area contributed by atoms with E-state index in [-0.39, 0.29) is 11.9 Å². The molecule has 27 heavy (non-hydrogen) atoms. The van der Waals surface area contributed by atoms with Gasteiger partial charge in [-0.05, 0) is 55.3 Å². The maximum atomic E-state index is 13.1. The van der Waals surface area contributed by atoms with Crippen LogP contribution in [0.5, 0.6) is 0 Å². The Morgan fingerprint density at radius 1 is 1.19 bits per heavy atom. The molecule has 0 bridgehead atoms. The highest BCUT2D eigenvalue weighted by molar-refractivity contribution is 7.13. The monoisotopic (exact) mass is 380 g/mol. The summed E-state index contributed by atoms with van der Waals surface area (Å²) in [5, 5.41) is 6.71. The van der Waals surface area contributed by atoms with Crippen LogP contribution in [0, 0.1) is 5.92 Å². The van der Waals surface area contributed by atoms with E-state index in [1.165, 1.54) is 0 Å². The number of thiophene rings is 1. The van der Waals surface area contributed by atoms with E-state index in [0.29, 0.717) is 11.6 Å². The van der Waals surface area contributed by atoms with Crippen LogP contribution in [0.15, 0.2) is 53.9 Å². The van der Waals surface area contributed by atoms with E-state index < -0.39 is 0 Å². The minimum Gasteiger partial charge on any atom is -0.337 e. The van der Waals surface area contributed by atoms with E-state index in [9.17, 15) is 4.79 Å². The summed E-state index contributed by atoms with van der Waals surface area (Å²) in [6.45, 7) is 3.55. The number of piperidine rings is 1. The normalized spacial score (nSPS) is 16.4. The molecule has 0 radical (unpaired) electrons. The summed E-state index contributed by atoms with van der Waals surface area (Å²) in [6.07, 6.45) is 1.92. The van der Waals surface area contributed by atoms with Crippen molar-refractivity contribution >= 4 is 17.2 Å². The molecule has 1 fully saturated rings. The van der Waals surface area contributed by atoms with Crippen molar-refractivity contribution in [2.75, 3.05) is 13.1 Å². The topological polar surface area (TPSA) is 64.2 Å². The molecule has 2 aromatic heterocycles. The number of benzene rings is 1. The molecule has 4 rings (SSSR count). The zero-order valence-electron chi connectivity index (χ0n) is 15.4. The third kappa shape index (κ3) is 3.68. The number of hydrogen-bond donors (Lipinski definition) is 1. The molecule has 1 aliphatic heterocycles. The quantitative estimate of drug-likeness (QED) is 0.749. The molecule has 3 heterocycles. The van der Waals surface area contributed by atoms with Crippen LogP contribution in [0.2, 0.25) is 0 Å². The number of carbonyl (C=O) groups is 1. The third-order valence-corrected chi connectivity index (χ3v) is 6.17. The first-order valence-electron chi connectivity index (χ1n) is 9.37. The first-order valence-corrected chi connectivity index (χ1v) is 10.3. The number of amides is 1. The van der Waals surface area contributed by atoms with Crippen LogP contribution in [0.4, 0.5) is 0 Å². The molecule has 1 aromatic carbocycles. The van der Waals surface area contributed by atoms with Crippen molar-refractivity contribution in [2.24, 2.45) is 11.7 Å². The Morgan fingerprint density at radius 2 is 1.93 bits per heavy atom. The number of nitrogens with zero attached hydrogens (tertiary/aromatic N) is 3. The lowest BCUT2D eigenvalue weighted by molar-refractivity contribution is 0.0674. The maximum Gasteiger partial charge on any atom is 0.274 e. The van der Waals surface area contributed by atoms with Crippen LogP contribution in [-0.2, 0) is 0 Å². The fourth-order valence-corrected chi connectivity index (χ4v) is 4.37. The van der Waals surface area contributed by atoms with Gasteiger partial charge in [-0.25, -0.2) is 4.68 Å². The van der Waals surface area contributed by atoms with Crippen LogP contribution in [0.1, 0.15) is 30.3 Å². The van der Waals surface area contributed by atoms with E-state index in [4.69, 9.17) is 5.73 Å². The van der Waals surface area contributed by atoms with Gasteiger partial charge in [0.25, 0.3) is 5.91 Å². The van der Waals surface area contributed by atoms with Gasteiger partial charge in [0.2, 0.25) is 0 Å². The van der Waals surface area contributed by atoms with E-state index in [1.807, 2.05) is 57.4 Å². The fraction of sp³-hybridized carbons (Fsp3) is 0.333. The molecule has 2 N–H and O–H groups in total. The summed E-state index contributed by atoms with van der Waals surface area (Å²) in [5.41, 5.74) is 8.43. The standard InChI is InChI=1S/C21H24N4OS/c1-15(22)16-9-11-24(12-10-16)21(26)18-14-19(20-8-5-13-27-20)25(23-18)17-6-3-2-4-7-17/h2-8,13-16H,9-12,22H2,1H3. The fourth-order valence-electron chi connectivity index (χ4n) is 3.64. The summed E-state index contributed by atoms with van der Waals surface area (Å²) in [7, 11) is 0. The summed E-state index contributed by atoms with van der Waals surface area (Å²) in [6, 6.07) is 16.1. The van der Waals surface area contributed by atoms with Gasteiger partial charge in [-0.3, -0.25) is 4.79 Å². The number of carbonyl (C=O) groups excluding carboxylic acids is 1. The van der Waals surface area contributed by atoms with Gasteiger partial charge in [0, 0.05) is 19.1 Å². The Hall–Kier alpha value is -2.44. The molecule has 6 heteroatoms. The van der Waals surface area contributed by atoms with Gasteiger partial charge in [0.05, 0.1) is 16.3 Å². The van der Waals surface area contributed by atoms with E-state index in [1.54, 1.807) is 11.3 Å². The summed E-state index contributed by atoms with van der Waals surface area (Å²) in [4.78, 5) is 16.1. The molecule has 1 atom stereocenters. The molecular formula is C21H24N4OS. The van der Waals surface area contributed by atoms with Gasteiger partial charge in [-0.1, -0.05) is 24.3 Å². The van der Waals surface area contributed by atoms with Crippen LogP contribution >= 0.6 is 11.3 Å². The molecule has 1 unspecified atom stereocenters. The molecule has 0 saturated carbocycles. The summed E-state index contributed by atoms with van der Waals surface area (Å²) in [5.74, 6) is 0.503. The van der Waals surface area contributed by atoms with Crippen molar-refractivity contribution < 1.29 is 4.79 Å². The van der Waals surface area contributed by atoms with Crippen LogP contribution in [0.25, 0.3) is 16.3 Å². The van der Waals surface area contributed by atoms with Crippen molar-refractivity contribution in [3.8, 4) is 16.3 Å². The SMILES string of the molecule is CC(N)C1CCN(C(=O)c2cc(-c3cccs3)n(-c3ccccc3)n2)CC1. The molecule has 1 saturated heterocycles. The smallest absolute Gasteiger partial charge is 0.274 e. The highest BCUT2D eigenvalue weighted by Crippen LogP contribution is 2.29. The first-order chi connectivity index (χ1) is 13.1. The molecular weight excluding hydrogens is 356 g/mol. The number of para-hydroxylation sites is 1. The van der Waals surface area contributed by atoms with Crippen LogP contribution in [0.3, 0.4) is 0 Å². The second kappa shape index (κ2) is 7.66. The zero-order valence-corrected chi connectivity index (χ0v) is 16.2. The van der Waals surface area contributed by atoms with Gasteiger partial charge in [0.1, 0.15) is 0 Å². The molecule has 0 aliphatic carbocycles. The average molecular weight is 381 g/mol. The van der Waals surface area contributed by atoms with Gasteiger partial charge in [0.15, 0.2) is 5.69 Å². The van der Waals surface area contributed by atoms with Crippen molar-refractivity contribution in [3.05, 3.63) is 59.6 Å². The van der Waals surface area contributed by atoms with Gasteiger partial charge >= 0.3 is 0 Å². The van der Waals surface area contributed by atoms with Crippen LogP contribution < -0.4 is 5.73 Å². The second-order valence-electron chi connectivity index (χ2n) is 7.13.